The Hall–Kier alpha value is -2.44. The first-order valence-electron chi connectivity index (χ1n) is 6.77. The predicted octanol–water partition coefficient (Wildman–Crippen LogP) is 0.584. The molecule has 2 heterocycles. The van der Waals surface area contributed by atoms with Crippen molar-refractivity contribution >= 4 is 23.6 Å². The maximum Gasteiger partial charge on any atom is 0.335 e. The highest BCUT2D eigenvalue weighted by molar-refractivity contribution is 6.04. The first-order valence-corrected chi connectivity index (χ1v) is 6.77. The van der Waals surface area contributed by atoms with Crippen molar-refractivity contribution < 1.29 is 19.5 Å². The lowest BCUT2D eigenvalue weighted by atomic mass is 10.1. The molecule has 0 aliphatic carbocycles. The van der Waals surface area contributed by atoms with Crippen LogP contribution in [0.2, 0.25) is 0 Å². The van der Waals surface area contributed by atoms with E-state index in [9.17, 15) is 19.5 Å². The standard InChI is InChI=1S/C14H17N3O4/c1-3-4-10-5-9(14(20)21)6-11(15-10)17-7-12(18)16-13(19)8(17)2/h5-6,8H,3-4,7H2,1-2H3,(H,20,21)(H,16,18,19). The largest absolute Gasteiger partial charge is 0.478 e. The van der Waals surface area contributed by atoms with Crippen LogP contribution < -0.4 is 10.2 Å². The molecular formula is C14H17N3O4. The highest BCUT2D eigenvalue weighted by atomic mass is 16.4. The lowest BCUT2D eigenvalue weighted by Gasteiger charge is -2.32. The van der Waals surface area contributed by atoms with E-state index < -0.39 is 23.8 Å². The smallest absolute Gasteiger partial charge is 0.335 e. The highest BCUT2D eigenvalue weighted by Gasteiger charge is 2.31. The first kappa shape index (κ1) is 15.0. The third-order valence-corrected chi connectivity index (χ3v) is 3.34. The first-order chi connectivity index (χ1) is 9.92. The van der Waals surface area contributed by atoms with E-state index in [0.29, 0.717) is 17.9 Å². The molecule has 1 aromatic heterocycles. The number of nitrogens with one attached hydrogen (secondary N) is 1. The average molecular weight is 291 g/mol. The summed E-state index contributed by atoms with van der Waals surface area (Å²) in [5, 5.41) is 11.4. The molecule has 1 aliphatic rings. The minimum Gasteiger partial charge on any atom is -0.478 e. The summed E-state index contributed by atoms with van der Waals surface area (Å²) >= 11 is 0. The Labute approximate surface area is 122 Å². The molecule has 112 valence electrons. The van der Waals surface area contributed by atoms with E-state index in [2.05, 4.69) is 10.3 Å². The van der Waals surface area contributed by atoms with Crippen molar-refractivity contribution in [1.29, 1.82) is 0 Å². The molecule has 7 nitrogen and oxygen atoms in total. The van der Waals surface area contributed by atoms with Crippen LogP contribution in [0.15, 0.2) is 12.1 Å². The van der Waals surface area contributed by atoms with E-state index in [4.69, 9.17) is 0 Å². The molecule has 0 bridgehead atoms. The Morgan fingerprint density at radius 1 is 1.48 bits per heavy atom. The number of aryl methyl sites for hydroxylation is 1. The minimum absolute atomic E-state index is 0.0193. The molecule has 2 rings (SSSR count). The number of amides is 2. The normalized spacial score (nSPS) is 18.6. The van der Waals surface area contributed by atoms with Crippen molar-refractivity contribution in [3.8, 4) is 0 Å². The molecule has 2 N–H and O–H groups in total. The van der Waals surface area contributed by atoms with Crippen LogP contribution in [-0.4, -0.2) is 40.5 Å². The van der Waals surface area contributed by atoms with Crippen molar-refractivity contribution in [3.05, 3.63) is 23.4 Å². The van der Waals surface area contributed by atoms with Gasteiger partial charge in [-0.3, -0.25) is 14.9 Å². The van der Waals surface area contributed by atoms with Crippen molar-refractivity contribution in [2.45, 2.75) is 32.7 Å². The number of imide groups is 1. The molecule has 2 amide bonds. The Kier molecular flexibility index (Phi) is 4.21. The van der Waals surface area contributed by atoms with Crippen molar-refractivity contribution in [1.82, 2.24) is 10.3 Å². The zero-order valence-electron chi connectivity index (χ0n) is 11.9. The van der Waals surface area contributed by atoms with Gasteiger partial charge >= 0.3 is 5.97 Å². The number of carboxylic acid groups (broad SMARTS) is 1. The summed E-state index contributed by atoms with van der Waals surface area (Å²) in [4.78, 5) is 40.3. The van der Waals surface area contributed by atoms with Gasteiger partial charge in [-0.15, -0.1) is 0 Å². The number of carbonyl (C=O) groups is 3. The van der Waals surface area contributed by atoms with Crippen LogP contribution in [0.5, 0.6) is 0 Å². The quantitative estimate of drug-likeness (QED) is 0.787. The van der Waals surface area contributed by atoms with Crippen LogP contribution in [0.1, 0.15) is 36.3 Å². The van der Waals surface area contributed by atoms with E-state index >= 15 is 0 Å². The van der Waals surface area contributed by atoms with Crippen LogP contribution in [-0.2, 0) is 16.0 Å². The van der Waals surface area contributed by atoms with Gasteiger partial charge in [-0.1, -0.05) is 13.3 Å². The molecular weight excluding hydrogens is 274 g/mol. The molecule has 21 heavy (non-hydrogen) atoms. The molecule has 1 atom stereocenters. The number of pyridine rings is 1. The molecule has 0 spiro atoms. The SMILES string of the molecule is CCCc1cc(C(=O)O)cc(N2CC(=O)NC(=O)C2C)n1. The summed E-state index contributed by atoms with van der Waals surface area (Å²) in [7, 11) is 0. The van der Waals surface area contributed by atoms with Crippen LogP contribution in [0.3, 0.4) is 0 Å². The van der Waals surface area contributed by atoms with Crippen LogP contribution >= 0.6 is 0 Å². The number of carboxylic acids is 1. The third kappa shape index (κ3) is 3.18. The molecule has 1 unspecified atom stereocenters. The molecule has 1 aliphatic heterocycles. The van der Waals surface area contributed by atoms with Crippen molar-refractivity contribution in [2.24, 2.45) is 0 Å². The predicted molar refractivity (Wildman–Crippen MR) is 75.1 cm³/mol. The number of aromatic carboxylic acids is 1. The maximum atomic E-state index is 11.7. The Morgan fingerprint density at radius 2 is 2.19 bits per heavy atom. The summed E-state index contributed by atoms with van der Waals surface area (Å²) in [6.07, 6.45) is 1.46. The van der Waals surface area contributed by atoms with Crippen molar-refractivity contribution in [2.75, 3.05) is 11.4 Å². The second-order valence-electron chi connectivity index (χ2n) is 4.98. The minimum atomic E-state index is -1.06. The maximum absolute atomic E-state index is 11.7. The zero-order valence-corrected chi connectivity index (χ0v) is 11.9. The molecule has 1 aromatic rings. The molecule has 0 radical (unpaired) electrons. The second-order valence-corrected chi connectivity index (χ2v) is 4.98. The van der Waals surface area contributed by atoms with Gasteiger partial charge in [0.05, 0.1) is 12.1 Å². The van der Waals surface area contributed by atoms with E-state index in [0.717, 1.165) is 6.42 Å². The van der Waals surface area contributed by atoms with E-state index in [-0.39, 0.29) is 12.1 Å². The molecule has 1 saturated heterocycles. The van der Waals surface area contributed by atoms with Crippen LogP contribution in [0.25, 0.3) is 0 Å². The van der Waals surface area contributed by atoms with Gasteiger partial charge in [-0.05, 0) is 25.5 Å². The number of aromatic nitrogens is 1. The van der Waals surface area contributed by atoms with Gasteiger partial charge < -0.3 is 10.0 Å². The van der Waals surface area contributed by atoms with Gasteiger partial charge in [0.15, 0.2) is 0 Å². The number of piperazine rings is 1. The van der Waals surface area contributed by atoms with Crippen LogP contribution in [0, 0.1) is 0 Å². The number of hydrogen-bond donors (Lipinski definition) is 2. The summed E-state index contributed by atoms with van der Waals surface area (Å²) in [5.74, 6) is -1.55. The zero-order chi connectivity index (χ0) is 15.6. The fourth-order valence-corrected chi connectivity index (χ4v) is 2.22. The number of nitrogens with zero attached hydrogens (tertiary/aromatic N) is 2. The lowest BCUT2D eigenvalue weighted by molar-refractivity contribution is -0.132. The molecule has 1 fully saturated rings. The number of carbonyl (C=O) groups excluding carboxylic acids is 2. The Balaban J connectivity index is 2.43. The van der Waals surface area contributed by atoms with Gasteiger partial charge in [0.2, 0.25) is 11.8 Å². The topological polar surface area (TPSA) is 99.6 Å². The summed E-state index contributed by atoms with van der Waals surface area (Å²) in [6, 6.07) is 2.34. The van der Waals surface area contributed by atoms with Crippen LogP contribution in [0.4, 0.5) is 5.82 Å². The third-order valence-electron chi connectivity index (χ3n) is 3.34. The average Bonchev–Trinajstić information content (AvgIpc) is 2.42. The fourth-order valence-electron chi connectivity index (χ4n) is 2.22. The molecule has 0 saturated carbocycles. The number of rotatable bonds is 4. The fraction of sp³-hybridized carbons (Fsp3) is 0.429. The summed E-state index contributed by atoms with van der Waals surface area (Å²) in [6.45, 7) is 3.60. The monoisotopic (exact) mass is 291 g/mol. The van der Waals surface area contributed by atoms with Gasteiger partial charge in [-0.25, -0.2) is 9.78 Å². The number of hydrogen-bond acceptors (Lipinski definition) is 5. The van der Waals surface area contributed by atoms with Crippen molar-refractivity contribution in [3.63, 3.8) is 0 Å². The van der Waals surface area contributed by atoms with Gasteiger partial charge in [0.1, 0.15) is 11.9 Å². The molecule has 0 aromatic carbocycles. The van der Waals surface area contributed by atoms with E-state index in [1.165, 1.54) is 17.0 Å². The van der Waals surface area contributed by atoms with Gasteiger partial charge in [0.25, 0.3) is 0 Å². The second kappa shape index (κ2) is 5.90. The van der Waals surface area contributed by atoms with E-state index in [1.807, 2.05) is 6.92 Å². The highest BCUT2D eigenvalue weighted by Crippen LogP contribution is 2.20. The Bertz CT molecular complexity index is 600. The lowest BCUT2D eigenvalue weighted by Crippen LogP contribution is -2.57. The molecule has 7 heteroatoms. The summed E-state index contributed by atoms with van der Waals surface area (Å²) in [5.41, 5.74) is 0.743. The van der Waals surface area contributed by atoms with Gasteiger partial charge in [0, 0.05) is 5.69 Å². The Morgan fingerprint density at radius 3 is 2.81 bits per heavy atom. The summed E-state index contributed by atoms with van der Waals surface area (Å²) < 4.78 is 0. The van der Waals surface area contributed by atoms with Gasteiger partial charge in [-0.2, -0.15) is 0 Å². The van der Waals surface area contributed by atoms with E-state index in [1.54, 1.807) is 6.92 Å². The number of anilines is 1.